The molecule has 2 heterocycles. The lowest BCUT2D eigenvalue weighted by atomic mass is 9.84. The Kier molecular flexibility index (Phi) is 6.59. The van der Waals surface area contributed by atoms with Gasteiger partial charge in [-0.05, 0) is 12.8 Å². The zero-order valence-electron chi connectivity index (χ0n) is 15.3. The molecule has 0 bridgehead atoms. The lowest BCUT2D eigenvalue weighted by molar-refractivity contribution is -0.167. The molecule has 0 aromatic carbocycles. The topological polar surface area (TPSA) is 163 Å². The fourth-order valence-corrected chi connectivity index (χ4v) is 3.37. The molecule has 0 radical (unpaired) electrons. The monoisotopic (exact) mass is 382 g/mol. The third-order valence-electron chi connectivity index (χ3n) is 4.85. The third-order valence-corrected chi connectivity index (χ3v) is 4.85. The molecule has 5 N–H and O–H groups in total. The van der Waals surface area contributed by atoms with Crippen molar-refractivity contribution >= 4 is 29.8 Å². The average Bonchev–Trinajstić information content (AvgIpc) is 2.64. The summed E-state index contributed by atoms with van der Waals surface area (Å²) in [4.78, 5) is 56.0. The highest BCUT2D eigenvalue weighted by molar-refractivity contribution is 6.07. The van der Waals surface area contributed by atoms with Crippen LogP contribution in [0, 0.1) is 5.92 Å². The van der Waals surface area contributed by atoms with E-state index >= 15 is 0 Å². The number of rotatable bonds is 6. The molecule has 0 aliphatic carbocycles. The van der Waals surface area contributed by atoms with Crippen molar-refractivity contribution in [1.82, 2.24) is 14.7 Å². The van der Waals surface area contributed by atoms with Gasteiger partial charge in [0.1, 0.15) is 0 Å². The fourth-order valence-electron chi connectivity index (χ4n) is 3.37. The van der Waals surface area contributed by atoms with E-state index in [1.165, 1.54) is 4.90 Å². The van der Waals surface area contributed by atoms with Gasteiger partial charge in [0.2, 0.25) is 11.8 Å². The maximum atomic E-state index is 12.6. The van der Waals surface area contributed by atoms with Gasteiger partial charge in [-0.15, -0.1) is 0 Å². The van der Waals surface area contributed by atoms with E-state index < -0.39 is 29.9 Å². The number of urea groups is 1. The summed E-state index contributed by atoms with van der Waals surface area (Å²) in [5.74, 6) is -2.53. The third kappa shape index (κ3) is 4.47. The molecule has 0 aromatic rings. The molecule has 2 fully saturated rings. The van der Waals surface area contributed by atoms with Crippen molar-refractivity contribution in [2.24, 2.45) is 22.4 Å². The number of imide groups is 1. The Bertz CT molecular complexity index is 639. The Morgan fingerprint density at radius 1 is 1.15 bits per heavy atom. The predicted molar refractivity (Wildman–Crippen MR) is 95.5 cm³/mol. The number of nitrogens with two attached hydrogens (primary N) is 2. The van der Waals surface area contributed by atoms with E-state index in [4.69, 9.17) is 11.5 Å². The van der Waals surface area contributed by atoms with Crippen LogP contribution in [-0.2, 0) is 14.4 Å². The Morgan fingerprint density at radius 3 is 2.26 bits per heavy atom. The van der Waals surface area contributed by atoms with Gasteiger partial charge in [0.15, 0.2) is 12.0 Å². The fraction of sp³-hybridized carbons (Fsp3) is 0.688. The number of aliphatic carboxylic acids is 1. The molecular weight excluding hydrogens is 356 g/mol. The van der Waals surface area contributed by atoms with E-state index in [9.17, 15) is 24.3 Å². The zero-order valence-corrected chi connectivity index (χ0v) is 15.3. The quantitative estimate of drug-likeness (QED) is 0.221. The maximum Gasteiger partial charge on any atom is 0.327 e. The first-order valence-corrected chi connectivity index (χ1v) is 8.95. The Balaban J connectivity index is 1.94. The van der Waals surface area contributed by atoms with E-state index in [0.29, 0.717) is 32.5 Å². The molecule has 0 aromatic heterocycles. The Morgan fingerprint density at radius 2 is 1.74 bits per heavy atom. The number of hydrogen-bond donors (Lipinski definition) is 3. The number of nitrogens with zero attached hydrogens (tertiary/aromatic N) is 4. The standard InChI is InChI=1S/C16H26N6O5/c1-2-11(23)20-6-8-21(9-7-20)16(27)22-12(14(25)26)10(13(22)24)4-3-5-19-15(17)18/h10,12H,2-9H2,1H3,(H,25,26)(H4,17,18,19)/t10-,12?/m1/s1. The number of carbonyl (C=O) groups is 4. The first-order valence-electron chi connectivity index (χ1n) is 8.95. The second-order valence-corrected chi connectivity index (χ2v) is 6.55. The minimum atomic E-state index is -1.21. The number of carboxylic acid groups (broad SMARTS) is 1. The molecule has 0 saturated carbocycles. The van der Waals surface area contributed by atoms with Crippen molar-refractivity contribution in [2.45, 2.75) is 32.2 Å². The van der Waals surface area contributed by atoms with Crippen molar-refractivity contribution in [3.8, 4) is 0 Å². The van der Waals surface area contributed by atoms with Crippen LogP contribution in [0.4, 0.5) is 4.79 Å². The van der Waals surface area contributed by atoms with Gasteiger partial charge in [-0.2, -0.15) is 0 Å². The summed E-state index contributed by atoms with van der Waals surface area (Å²) < 4.78 is 0. The number of guanidine groups is 1. The predicted octanol–water partition coefficient (Wildman–Crippen LogP) is -1.37. The Labute approximate surface area is 156 Å². The van der Waals surface area contributed by atoms with Gasteiger partial charge in [0, 0.05) is 39.1 Å². The maximum absolute atomic E-state index is 12.6. The largest absolute Gasteiger partial charge is 0.480 e. The first kappa shape index (κ1) is 20.5. The molecule has 27 heavy (non-hydrogen) atoms. The van der Waals surface area contributed by atoms with Crippen molar-refractivity contribution in [1.29, 1.82) is 0 Å². The number of amides is 4. The van der Waals surface area contributed by atoms with E-state index in [1.807, 2.05) is 0 Å². The van der Waals surface area contributed by atoms with Gasteiger partial charge < -0.3 is 26.4 Å². The summed E-state index contributed by atoms with van der Waals surface area (Å²) in [5, 5.41) is 9.45. The van der Waals surface area contributed by atoms with E-state index in [2.05, 4.69) is 4.99 Å². The first-order chi connectivity index (χ1) is 12.8. The van der Waals surface area contributed by atoms with Crippen molar-refractivity contribution in [2.75, 3.05) is 32.7 Å². The molecule has 2 saturated heterocycles. The minimum absolute atomic E-state index is 0.00590. The zero-order chi connectivity index (χ0) is 20.1. The Hall–Kier alpha value is -2.85. The van der Waals surface area contributed by atoms with Crippen LogP contribution in [0.15, 0.2) is 4.99 Å². The lowest BCUT2D eigenvalue weighted by Gasteiger charge is -2.46. The smallest absolute Gasteiger partial charge is 0.327 e. The second-order valence-electron chi connectivity index (χ2n) is 6.55. The van der Waals surface area contributed by atoms with Crippen LogP contribution in [0.3, 0.4) is 0 Å². The highest BCUT2D eigenvalue weighted by Crippen LogP contribution is 2.32. The lowest BCUT2D eigenvalue weighted by Crippen LogP contribution is -2.69. The second kappa shape index (κ2) is 8.69. The van der Waals surface area contributed by atoms with E-state index in [-0.39, 0.29) is 31.4 Å². The summed E-state index contributed by atoms with van der Waals surface area (Å²) in [5.41, 5.74) is 10.4. The highest BCUT2D eigenvalue weighted by Gasteiger charge is 2.55. The van der Waals surface area contributed by atoms with Gasteiger partial charge >= 0.3 is 12.0 Å². The average molecular weight is 382 g/mol. The summed E-state index contributed by atoms with van der Waals surface area (Å²) in [6, 6.07) is -1.80. The summed E-state index contributed by atoms with van der Waals surface area (Å²) in [6.07, 6.45) is 1.12. The van der Waals surface area contributed by atoms with Gasteiger partial charge in [0.25, 0.3) is 0 Å². The molecule has 150 valence electrons. The molecule has 2 rings (SSSR count). The van der Waals surface area contributed by atoms with Crippen LogP contribution >= 0.6 is 0 Å². The number of β-lactam (4-membered cyclic amide) rings is 1. The van der Waals surface area contributed by atoms with Gasteiger partial charge in [-0.3, -0.25) is 14.6 Å². The molecule has 11 nitrogen and oxygen atoms in total. The summed E-state index contributed by atoms with van der Waals surface area (Å²) >= 11 is 0. The molecule has 2 aliphatic heterocycles. The number of likely N-dealkylation sites (tertiary alicyclic amines) is 1. The van der Waals surface area contributed by atoms with E-state index in [0.717, 1.165) is 4.90 Å². The van der Waals surface area contributed by atoms with Crippen molar-refractivity contribution in [3.63, 3.8) is 0 Å². The van der Waals surface area contributed by atoms with Crippen LogP contribution in [-0.4, -0.2) is 88.3 Å². The summed E-state index contributed by atoms with van der Waals surface area (Å²) in [6.45, 7) is 3.36. The summed E-state index contributed by atoms with van der Waals surface area (Å²) in [7, 11) is 0. The van der Waals surface area contributed by atoms with Gasteiger partial charge in [0.05, 0.1) is 5.92 Å². The number of aliphatic imine (C=N–C) groups is 1. The number of hydrogen-bond acceptors (Lipinski definition) is 5. The minimum Gasteiger partial charge on any atom is -0.480 e. The molecule has 4 amide bonds. The molecule has 2 aliphatic rings. The van der Waals surface area contributed by atoms with Crippen LogP contribution < -0.4 is 11.5 Å². The van der Waals surface area contributed by atoms with Crippen LogP contribution in [0.2, 0.25) is 0 Å². The molecular formula is C16H26N6O5. The van der Waals surface area contributed by atoms with Crippen molar-refractivity contribution < 1.29 is 24.3 Å². The van der Waals surface area contributed by atoms with Crippen molar-refractivity contribution in [3.05, 3.63) is 0 Å². The van der Waals surface area contributed by atoms with Crippen LogP contribution in [0.25, 0.3) is 0 Å². The highest BCUT2D eigenvalue weighted by atomic mass is 16.4. The van der Waals surface area contributed by atoms with E-state index in [1.54, 1.807) is 11.8 Å². The van der Waals surface area contributed by atoms with Crippen LogP contribution in [0.1, 0.15) is 26.2 Å². The van der Waals surface area contributed by atoms with Gasteiger partial charge in [-0.1, -0.05) is 6.92 Å². The number of carbonyl (C=O) groups excluding carboxylic acids is 3. The number of carboxylic acids is 1. The molecule has 11 heteroatoms. The molecule has 2 atom stereocenters. The molecule has 0 spiro atoms. The number of piperazine rings is 1. The normalized spacial score (nSPS) is 22.3. The van der Waals surface area contributed by atoms with Crippen LogP contribution in [0.5, 0.6) is 0 Å². The molecule has 1 unspecified atom stereocenters. The van der Waals surface area contributed by atoms with Gasteiger partial charge in [-0.25, -0.2) is 14.5 Å². The SMILES string of the molecule is CCC(=O)N1CCN(C(=O)N2C(=O)[C@H](CCCN=C(N)N)C2C(=O)O)CC1.